The maximum Gasteiger partial charge on any atom is 0.312 e. The summed E-state index contributed by atoms with van der Waals surface area (Å²) in [7, 11) is 1.57. The van der Waals surface area contributed by atoms with Crippen LogP contribution in [0.1, 0.15) is 25.7 Å². The smallest absolute Gasteiger partial charge is 0.312 e. The van der Waals surface area contributed by atoms with Crippen LogP contribution in [-0.2, 0) is 9.59 Å². The summed E-state index contributed by atoms with van der Waals surface area (Å²) in [5.41, 5.74) is 5.47. The Morgan fingerprint density at radius 1 is 1.12 bits per heavy atom. The van der Waals surface area contributed by atoms with Gasteiger partial charge in [-0.2, -0.15) is 0 Å². The van der Waals surface area contributed by atoms with Gasteiger partial charge in [-0.25, -0.2) is 4.79 Å². The number of nitrogens with two attached hydrogens (primary N) is 1. The van der Waals surface area contributed by atoms with Gasteiger partial charge in [0, 0.05) is 25.7 Å². The van der Waals surface area contributed by atoms with Crippen LogP contribution in [-0.4, -0.2) is 42.9 Å². The second-order valence-corrected chi connectivity index (χ2v) is 6.34. The van der Waals surface area contributed by atoms with E-state index in [4.69, 9.17) is 28.9 Å². The van der Waals surface area contributed by atoms with E-state index < -0.39 is 6.03 Å². The standard InChI is InChI=1S/C16H22Cl2N4O3/c1-22(15(24)5-3-2-4-8-20-16(19)25)10-14(23)21-11-6-7-12(17)13(18)9-11/h6-7,9H,2-5,8,10H2,1H3,(H,21,23)(H3,19,20,25). The summed E-state index contributed by atoms with van der Waals surface area (Å²) >= 11 is 11.7. The van der Waals surface area contributed by atoms with Crippen LogP contribution in [0.25, 0.3) is 0 Å². The molecule has 25 heavy (non-hydrogen) atoms. The molecule has 1 aromatic carbocycles. The lowest BCUT2D eigenvalue weighted by Gasteiger charge is -2.17. The highest BCUT2D eigenvalue weighted by Gasteiger charge is 2.13. The van der Waals surface area contributed by atoms with Crippen LogP contribution >= 0.6 is 23.2 Å². The van der Waals surface area contributed by atoms with Crippen LogP contribution in [0.5, 0.6) is 0 Å². The average molecular weight is 389 g/mol. The molecule has 0 aliphatic heterocycles. The van der Waals surface area contributed by atoms with E-state index in [2.05, 4.69) is 10.6 Å². The number of likely N-dealkylation sites (N-methyl/N-ethyl adjacent to an activating group) is 1. The Bertz CT molecular complexity index is 625. The highest BCUT2D eigenvalue weighted by atomic mass is 35.5. The number of benzene rings is 1. The third-order valence-corrected chi connectivity index (χ3v) is 4.12. The topological polar surface area (TPSA) is 105 Å². The van der Waals surface area contributed by atoms with Crippen LogP contribution in [0.4, 0.5) is 10.5 Å². The summed E-state index contributed by atoms with van der Waals surface area (Å²) in [6.07, 6.45) is 2.55. The summed E-state index contributed by atoms with van der Waals surface area (Å²) < 4.78 is 0. The molecule has 7 nitrogen and oxygen atoms in total. The molecule has 0 aromatic heterocycles. The minimum Gasteiger partial charge on any atom is -0.352 e. The Hall–Kier alpha value is -1.99. The third-order valence-electron chi connectivity index (χ3n) is 3.38. The van der Waals surface area contributed by atoms with E-state index in [1.54, 1.807) is 25.2 Å². The Morgan fingerprint density at radius 3 is 2.48 bits per heavy atom. The maximum atomic E-state index is 12.0. The summed E-state index contributed by atoms with van der Waals surface area (Å²) in [6.45, 7) is 0.438. The molecule has 9 heteroatoms. The molecule has 4 amide bonds. The molecule has 0 radical (unpaired) electrons. The minimum absolute atomic E-state index is 0.0533. The number of nitrogens with one attached hydrogen (secondary N) is 2. The van der Waals surface area contributed by atoms with Gasteiger partial charge in [0.1, 0.15) is 0 Å². The molecule has 0 aliphatic rings. The van der Waals surface area contributed by atoms with Crippen molar-refractivity contribution in [2.24, 2.45) is 5.73 Å². The fourth-order valence-electron chi connectivity index (χ4n) is 2.06. The SMILES string of the molecule is CN(CC(=O)Nc1ccc(Cl)c(Cl)c1)C(=O)CCCCCNC(N)=O. The van der Waals surface area contributed by atoms with Crippen molar-refractivity contribution in [1.82, 2.24) is 10.2 Å². The van der Waals surface area contributed by atoms with Crippen molar-refractivity contribution in [3.63, 3.8) is 0 Å². The summed E-state index contributed by atoms with van der Waals surface area (Å²) in [5.74, 6) is -0.438. The predicted octanol–water partition coefficient (Wildman–Crippen LogP) is 2.62. The molecule has 4 N–H and O–H groups in total. The van der Waals surface area contributed by atoms with E-state index in [0.717, 1.165) is 12.8 Å². The minimum atomic E-state index is -0.552. The number of nitrogens with zero attached hydrogens (tertiary/aromatic N) is 1. The van der Waals surface area contributed by atoms with Gasteiger partial charge < -0.3 is 21.3 Å². The molecule has 0 bridgehead atoms. The van der Waals surface area contributed by atoms with E-state index in [9.17, 15) is 14.4 Å². The average Bonchev–Trinajstić information content (AvgIpc) is 2.53. The molecule has 0 aliphatic carbocycles. The second kappa shape index (κ2) is 10.8. The highest BCUT2D eigenvalue weighted by molar-refractivity contribution is 6.42. The molecule has 1 rings (SSSR count). The van der Waals surface area contributed by atoms with Gasteiger partial charge in [0.15, 0.2) is 0 Å². The van der Waals surface area contributed by atoms with Crippen molar-refractivity contribution in [2.45, 2.75) is 25.7 Å². The number of urea groups is 1. The van der Waals surface area contributed by atoms with Crippen LogP contribution in [0.15, 0.2) is 18.2 Å². The molecule has 0 saturated heterocycles. The number of carbonyl (C=O) groups excluding carboxylic acids is 3. The highest BCUT2D eigenvalue weighted by Crippen LogP contribution is 2.24. The summed E-state index contributed by atoms with van der Waals surface area (Å²) in [6, 6.07) is 4.21. The molecule has 0 fully saturated rings. The lowest BCUT2D eigenvalue weighted by molar-refractivity contribution is -0.133. The van der Waals surface area contributed by atoms with Gasteiger partial charge in [-0.3, -0.25) is 9.59 Å². The van der Waals surface area contributed by atoms with Gasteiger partial charge in [-0.15, -0.1) is 0 Å². The van der Waals surface area contributed by atoms with Crippen molar-refractivity contribution in [3.05, 3.63) is 28.2 Å². The van der Waals surface area contributed by atoms with Crippen molar-refractivity contribution >= 4 is 46.7 Å². The van der Waals surface area contributed by atoms with Gasteiger partial charge in [-0.05, 0) is 31.0 Å². The van der Waals surface area contributed by atoms with Crippen LogP contribution in [0.2, 0.25) is 10.0 Å². The molecule has 0 spiro atoms. The van der Waals surface area contributed by atoms with Crippen LogP contribution in [0, 0.1) is 0 Å². The lowest BCUT2D eigenvalue weighted by Crippen LogP contribution is -2.34. The number of carbonyl (C=O) groups is 3. The molecular weight excluding hydrogens is 367 g/mol. The molecular formula is C16H22Cl2N4O3. The van der Waals surface area contributed by atoms with Crippen molar-refractivity contribution in [3.8, 4) is 0 Å². The number of anilines is 1. The Balaban J connectivity index is 2.28. The number of primary amides is 1. The van der Waals surface area contributed by atoms with E-state index >= 15 is 0 Å². The first-order valence-corrected chi connectivity index (χ1v) is 8.57. The third kappa shape index (κ3) is 8.60. The van der Waals surface area contributed by atoms with E-state index in [0.29, 0.717) is 35.1 Å². The Labute approximate surface area is 156 Å². The van der Waals surface area contributed by atoms with Gasteiger partial charge >= 0.3 is 6.03 Å². The molecule has 0 saturated carbocycles. The number of hydrogen-bond acceptors (Lipinski definition) is 3. The molecule has 0 heterocycles. The number of hydrogen-bond donors (Lipinski definition) is 3. The fraction of sp³-hybridized carbons (Fsp3) is 0.438. The molecule has 0 atom stereocenters. The maximum absolute atomic E-state index is 12.0. The normalized spacial score (nSPS) is 10.2. The van der Waals surface area contributed by atoms with Crippen molar-refractivity contribution in [2.75, 3.05) is 25.5 Å². The Morgan fingerprint density at radius 2 is 1.84 bits per heavy atom. The van der Waals surface area contributed by atoms with Crippen molar-refractivity contribution < 1.29 is 14.4 Å². The summed E-state index contributed by atoms with van der Waals surface area (Å²) in [4.78, 5) is 35.8. The first-order chi connectivity index (χ1) is 11.8. The zero-order chi connectivity index (χ0) is 18.8. The fourth-order valence-corrected chi connectivity index (χ4v) is 2.36. The Kier molecular flexibility index (Phi) is 9.08. The van der Waals surface area contributed by atoms with Gasteiger partial charge in [0.2, 0.25) is 11.8 Å². The quantitative estimate of drug-likeness (QED) is 0.566. The molecule has 138 valence electrons. The number of amides is 4. The van der Waals surface area contributed by atoms with Crippen molar-refractivity contribution in [1.29, 1.82) is 0 Å². The monoisotopic (exact) mass is 388 g/mol. The van der Waals surface area contributed by atoms with Gasteiger partial charge in [-0.1, -0.05) is 29.6 Å². The number of halogens is 2. The summed E-state index contributed by atoms with van der Waals surface area (Å²) in [5, 5.41) is 5.89. The zero-order valence-electron chi connectivity index (χ0n) is 14.0. The number of unbranched alkanes of at least 4 members (excludes halogenated alkanes) is 2. The number of rotatable bonds is 9. The van der Waals surface area contributed by atoms with E-state index in [1.165, 1.54) is 4.90 Å². The van der Waals surface area contributed by atoms with Crippen LogP contribution < -0.4 is 16.4 Å². The van der Waals surface area contributed by atoms with E-state index in [1.807, 2.05) is 0 Å². The zero-order valence-corrected chi connectivity index (χ0v) is 15.5. The first-order valence-electron chi connectivity index (χ1n) is 7.81. The first kappa shape index (κ1) is 21.1. The van der Waals surface area contributed by atoms with Gasteiger partial charge in [0.05, 0.1) is 16.6 Å². The largest absolute Gasteiger partial charge is 0.352 e. The predicted molar refractivity (Wildman–Crippen MR) is 98.8 cm³/mol. The molecule has 1 aromatic rings. The van der Waals surface area contributed by atoms with Gasteiger partial charge in [0.25, 0.3) is 0 Å². The van der Waals surface area contributed by atoms with E-state index in [-0.39, 0.29) is 18.4 Å². The second-order valence-electron chi connectivity index (χ2n) is 5.53. The lowest BCUT2D eigenvalue weighted by atomic mass is 10.2. The molecule has 0 unspecified atom stereocenters. The van der Waals surface area contributed by atoms with Crippen LogP contribution in [0.3, 0.4) is 0 Å².